The lowest BCUT2D eigenvalue weighted by Crippen LogP contribution is -2.67. The van der Waals surface area contributed by atoms with Crippen LogP contribution in [0.4, 0.5) is 4.79 Å². The third-order valence-electron chi connectivity index (χ3n) is 3.89. The quantitative estimate of drug-likeness (QED) is 0.742. The zero-order valence-corrected chi connectivity index (χ0v) is 15.2. The van der Waals surface area contributed by atoms with Crippen molar-refractivity contribution in [2.75, 3.05) is 26.3 Å². The van der Waals surface area contributed by atoms with Crippen molar-refractivity contribution in [1.29, 1.82) is 0 Å². The molecule has 0 unspecified atom stereocenters. The Morgan fingerprint density at radius 3 is 2.00 bits per heavy atom. The van der Waals surface area contributed by atoms with Crippen molar-refractivity contribution >= 4 is 12.0 Å². The fourth-order valence-electron chi connectivity index (χ4n) is 3.09. The number of carbonyl (C=O) groups is 2. The van der Waals surface area contributed by atoms with Crippen LogP contribution in [0, 0.1) is 5.41 Å². The Morgan fingerprint density at radius 1 is 1.04 bits per heavy atom. The zero-order valence-electron chi connectivity index (χ0n) is 15.2. The summed E-state index contributed by atoms with van der Waals surface area (Å²) in [5.41, 5.74) is -0.559. The highest BCUT2D eigenvalue weighted by molar-refractivity contribution is 5.78. The van der Waals surface area contributed by atoms with Gasteiger partial charge in [-0.3, -0.25) is 4.79 Å². The monoisotopic (exact) mass is 326 g/mol. The lowest BCUT2D eigenvalue weighted by Gasteiger charge is -2.50. The number of hydrogen-bond donors (Lipinski definition) is 0. The summed E-state index contributed by atoms with van der Waals surface area (Å²) in [6.07, 6.45) is 0.198. The van der Waals surface area contributed by atoms with Crippen LogP contribution < -0.4 is 0 Å². The van der Waals surface area contributed by atoms with Gasteiger partial charge in [-0.25, -0.2) is 4.79 Å². The second-order valence-corrected chi connectivity index (χ2v) is 8.77. The summed E-state index contributed by atoms with van der Waals surface area (Å²) in [4.78, 5) is 28.6. The summed E-state index contributed by atoms with van der Waals surface area (Å²) < 4.78 is 11.1. The number of hydrogen-bond acceptors (Lipinski definition) is 4. The average Bonchev–Trinajstić information content (AvgIpc) is 2.32. The molecule has 0 aromatic heterocycles. The summed E-state index contributed by atoms with van der Waals surface area (Å²) in [7, 11) is 0. The van der Waals surface area contributed by atoms with E-state index < -0.39 is 5.60 Å². The van der Waals surface area contributed by atoms with E-state index in [2.05, 4.69) is 20.8 Å². The minimum Gasteiger partial charge on any atom is -0.444 e. The number of carbonyl (C=O) groups excluding carboxylic acids is 2. The van der Waals surface area contributed by atoms with E-state index in [4.69, 9.17) is 9.47 Å². The molecule has 0 saturated carbocycles. The Balaban J connectivity index is 2.06. The molecule has 2 saturated heterocycles. The van der Waals surface area contributed by atoms with E-state index in [9.17, 15) is 9.59 Å². The zero-order chi connectivity index (χ0) is 17.4. The van der Waals surface area contributed by atoms with Gasteiger partial charge >= 0.3 is 6.09 Å². The number of ether oxygens (including phenoxy) is 2. The number of piperazine rings is 1. The number of nitrogens with zero attached hydrogens (tertiary/aromatic N) is 2. The van der Waals surface area contributed by atoms with Gasteiger partial charge in [-0.05, 0) is 26.2 Å². The Kier molecular flexibility index (Phi) is 4.95. The average molecular weight is 326 g/mol. The summed E-state index contributed by atoms with van der Waals surface area (Å²) in [5.74, 6) is 0.152. The van der Waals surface area contributed by atoms with Crippen LogP contribution in [0.5, 0.6) is 0 Å². The second-order valence-electron chi connectivity index (χ2n) is 8.77. The topological polar surface area (TPSA) is 59.1 Å². The maximum absolute atomic E-state index is 12.7. The molecular weight excluding hydrogens is 296 g/mol. The molecule has 0 aliphatic carbocycles. The summed E-state index contributed by atoms with van der Waals surface area (Å²) in [6.45, 7) is 13.7. The second kappa shape index (κ2) is 6.30. The van der Waals surface area contributed by atoms with Crippen molar-refractivity contribution in [2.24, 2.45) is 5.41 Å². The molecule has 2 amide bonds. The van der Waals surface area contributed by atoms with Crippen molar-refractivity contribution in [3.63, 3.8) is 0 Å². The van der Waals surface area contributed by atoms with Crippen LogP contribution in [0.15, 0.2) is 0 Å². The van der Waals surface area contributed by atoms with Gasteiger partial charge in [0.1, 0.15) is 5.60 Å². The van der Waals surface area contributed by atoms with E-state index in [0.717, 1.165) is 0 Å². The Bertz CT molecular complexity index is 450. The fourth-order valence-corrected chi connectivity index (χ4v) is 3.09. The van der Waals surface area contributed by atoms with Crippen LogP contribution >= 0.6 is 0 Å². The van der Waals surface area contributed by atoms with Crippen LogP contribution in [0.2, 0.25) is 0 Å². The SMILES string of the molecule is CC(C)(C)CC(=O)N1[C@@H]2COC[C@H]1CN(C(=O)OC(C)(C)C)C2. The molecule has 23 heavy (non-hydrogen) atoms. The van der Waals surface area contributed by atoms with Gasteiger partial charge in [-0.1, -0.05) is 20.8 Å². The molecule has 2 aliphatic heterocycles. The molecular formula is C17H30N2O4. The first-order valence-electron chi connectivity index (χ1n) is 8.33. The maximum atomic E-state index is 12.7. The van der Waals surface area contributed by atoms with E-state index in [1.165, 1.54) is 0 Å². The molecule has 0 radical (unpaired) electrons. The summed E-state index contributed by atoms with van der Waals surface area (Å²) >= 11 is 0. The summed E-state index contributed by atoms with van der Waals surface area (Å²) in [6, 6.07) is -0.158. The van der Waals surface area contributed by atoms with Gasteiger partial charge in [0.05, 0.1) is 25.3 Å². The molecule has 132 valence electrons. The molecule has 0 aromatic rings. The summed E-state index contributed by atoms with van der Waals surface area (Å²) in [5, 5.41) is 0. The van der Waals surface area contributed by atoms with Gasteiger partial charge in [-0.2, -0.15) is 0 Å². The highest BCUT2D eigenvalue weighted by Crippen LogP contribution is 2.27. The van der Waals surface area contributed by atoms with E-state index >= 15 is 0 Å². The van der Waals surface area contributed by atoms with Gasteiger partial charge in [0, 0.05) is 19.5 Å². The highest BCUT2D eigenvalue weighted by Gasteiger charge is 2.43. The minimum atomic E-state index is -0.512. The van der Waals surface area contributed by atoms with Crippen LogP contribution in [0.3, 0.4) is 0 Å². The Hall–Kier alpha value is -1.30. The van der Waals surface area contributed by atoms with Crippen LogP contribution in [0.25, 0.3) is 0 Å². The van der Waals surface area contributed by atoms with E-state index in [1.807, 2.05) is 25.7 Å². The third-order valence-corrected chi connectivity index (χ3v) is 3.89. The Morgan fingerprint density at radius 2 is 1.57 bits per heavy atom. The maximum Gasteiger partial charge on any atom is 0.410 e. The third kappa shape index (κ3) is 4.83. The van der Waals surface area contributed by atoms with Crippen molar-refractivity contribution in [2.45, 2.75) is 65.6 Å². The highest BCUT2D eigenvalue weighted by atomic mass is 16.6. The number of rotatable bonds is 1. The van der Waals surface area contributed by atoms with E-state index in [1.54, 1.807) is 4.90 Å². The molecule has 2 atom stereocenters. The van der Waals surface area contributed by atoms with Gasteiger partial charge in [-0.15, -0.1) is 0 Å². The van der Waals surface area contributed by atoms with Gasteiger partial charge in [0.2, 0.25) is 5.91 Å². The van der Waals surface area contributed by atoms with E-state index in [-0.39, 0.29) is 29.5 Å². The molecule has 0 spiro atoms. The van der Waals surface area contributed by atoms with Crippen molar-refractivity contribution < 1.29 is 19.1 Å². The molecule has 2 heterocycles. The molecule has 6 heteroatoms. The van der Waals surface area contributed by atoms with Gasteiger partial charge in [0.15, 0.2) is 0 Å². The molecule has 6 nitrogen and oxygen atoms in total. The largest absolute Gasteiger partial charge is 0.444 e. The molecule has 2 rings (SSSR count). The van der Waals surface area contributed by atoms with Gasteiger partial charge < -0.3 is 19.3 Å². The number of morpholine rings is 1. The smallest absolute Gasteiger partial charge is 0.410 e. The molecule has 2 aliphatic rings. The first-order chi connectivity index (χ1) is 10.5. The standard InChI is InChI=1S/C17H30N2O4/c1-16(2,3)7-14(20)19-12-8-18(9-13(19)11-22-10-12)15(21)23-17(4,5)6/h12-13H,7-11H2,1-6H3/t12-,13+. The molecule has 0 N–H and O–H groups in total. The van der Waals surface area contributed by atoms with Crippen molar-refractivity contribution in [1.82, 2.24) is 9.80 Å². The minimum absolute atomic E-state index is 0.0471. The van der Waals surface area contributed by atoms with Gasteiger partial charge in [0.25, 0.3) is 0 Å². The lowest BCUT2D eigenvalue weighted by atomic mass is 9.90. The molecule has 2 fully saturated rings. The normalized spacial score (nSPS) is 25.3. The van der Waals surface area contributed by atoms with E-state index in [0.29, 0.717) is 32.7 Å². The number of amides is 2. The van der Waals surface area contributed by atoms with Crippen LogP contribution in [-0.4, -0.2) is 65.8 Å². The van der Waals surface area contributed by atoms with Crippen LogP contribution in [-0.2, 0) is 14.3 Å². The van der Waals surface area contributed by atoms with Crippen LogP contribution in [0.1, 0.15) is 48.0 Å². The first-order valence-corrected chi connectivity index (χ1v) is 8.33. The number of fused-ring (bicyclic) bond motifs is 2. The Labute approximate surface area is 139 Å². The lowest BCUT2D eigenvalue weighted by molar-refractivity contribution is -0.156. The van der Waals surface area contributed by atoms with Crippen molar-refractivity contribution in [3.05, 3.63) is 0 Å². The first kappa shape index (κ1) is 18.0. The fraction of sp³-hybridized carbons (Fsp3) is 0.882. The predicted octanol–water partition coefficient (Wildman–Crippen LogP) is 2.27. The molecule has 0 aromatic carbocycles. The van der Waals surface area contributed by atoms with Crippen molar-refractivity contribution in [3.8, 4) is 0 Å². The predicted molar refractivity (Wildman–Crippen MR) is 87.1 cm³/mol. The molecule has 2 bridgehead atoms.